The molecule has 138 valence electrons. The molecule has 5 nitrogen and oxygen atoms in total. The second-order valence-corrected chi connectivity index (χ2v) is 7.11. The number of carbonyl (C=O) groups excluding carboxylic acids is 1. The molecule has 2 aromatic carbocycles. The van der Waals surface area contributed by atoms with Crippen LogP contribution in [0.3, 0.4) is 0 Å². The van der Waals surface area contributed by atoms with E-state index < -0.39 is 0 Å². The van der Waals surface area contributed by atoms with Crippen LogP contribution in [0.5, 0.6) is 0 Å². The third kappa shape index (κ3) is 3.37. The number of hydrogen-bond donors (Lipinski definition) is 1. The molecule has 1 amide bonds. The molecule has 0 bridgehead atoms. The summed E-state index contributed by atoms with van der Waals surface area (Å²) in [6.07, 6.45) is 2.82. The summed E-state index contributed by atoms with van der Waals surface area (Å²) in [4.78, 5) is 25.0. The zero-order valence-corrected chi connectivity index (χ0v) is 15.4. The molecule has 0 aliphatic heterocycles. The molecule has 4 rings (SSSR count). The van der Waals surface area contributed by atoms with Crippen LogP contribution in [0.15, 0.2) is 59.4 Å². The van der Waals surface area contributed by atoms with Crippen LogP contribution >= 0.6 is 0 Å². The Morgan fingerprint density at radius 1 is 1.07 bits per heavy atom. The van der Waals surface area contributed by atoms with E-state index in [4.69, 9.17) is 0 Å². The summed E-state index contributed by atoms with van der Waals surface area (Å²) in [5.74, 6) is 0.0245. The van der Waals surface area contributed by atoms with Gasteiger partial charge in [-0.05, 0) is 31.4 Å². The van der Waals surface area contributed by atoms with Gasteiger partial charge in [-0.2, -0.15) is 5.10 Å². The first-order valence-electron chi connectivity index (χ1n) is 9.48. The molecule has 1 aliphatic rings. The van der Waals surface area contributed by atoms with Crippen LogP contribution in [0.1, 0.15) is 37.4 Å². The highest BCUT2D eigenvalue weighted by molar-refractivity contribution is 5.84. The van der Waals surface area contributed by atoms with E-state index in [0.29, 0.717) is 24.8 Å². The van der Waals surface area contributed by atoms with Gasteiger partial charge in [0.15, 0.2) is 0 Å². The Labute approximate surface area is 158 Å². The zero-order chi connectivity index (χ0) is 18.9. The Balaban J connectivity index is 1.52. The number of rotatable bonds is 6. The van der Waals surface area contributed by atoms with Gasteiger partial charge in [-0.15, -0.1) is 0 Å². The largest absolute Gasteiger partial charge is 0.347 e. The average Bonchev–Trinajstić information content (AvgIpc) is 3.49. The van der Waals surface area contributed by atoms with E-state index in [9.17, 15) is 9.59 Å². The lowest BCUT2D eigenvalue weighted by atomic mass is 10.0. The van der Waals surface area contributed by atoms with Crippen molar-refractivity contribution in [2.45, 2.75) is 44.7 Å². The molecule has 1 aliphatic carbocycles. The van der Waals surface area contributed by atoms with Crippen LogP contribution in [0, 0.1) is 0 Å². The third-order valence-corrected chi connectivity index (χ3v) is 5.29. The lowest BCUT2D eigenvalue weighted by Gasteiger charge is -2.18. The van der Waals surface area contributed by atoms with Crippen molar-refractivity contribution in [3.8, 4) is 0 Å². The fourth-order valence-electron chi connectivity index (χ4n) is 3.63. The quantitative estimate of drug-likeness (QED) is 0.733. The van der Waals surface area contributed by atoms with E-state index >= 15 is 0 Å². The van der Waals surface area contributed by atoms with Gasteiger partial charge in [0.25, 0.3) is 5.56 Å². The Morgan fingerprint density at radius 2 is 1.74 bits per heavy atom. The summed E-state index contributed by atoms with van der Waals surface area (Å²) in [5, 5.41) is 9.19. The summed E-state index contributed by atoms with van der Waals surface area (Å²) >= 11 is 0. The van der Waals surface area contributed by atoms with Crippen molar-refractivity contribution in [1.82, 2.24) is 15.1 Å². The summed E-state index contributed by atoms with van der Waals surface area (Å²) in [5.41, 5.74) is 1.69. The van der Waals surface area contributed by atoms with Crippen molar-refractivity contribution in [1.29, 1.82) is 0 Å². The second kappa shape index (κ2) is 6.99. The zero-order valence-electron chi connectivity index (χ0n) is 15.4. The minimum absolute atomic E-state index is 0.0245. The lowest BCUT2D eigenvalue weighted by molar-refractivity contribution is -0.122. The molecule has 1 aromatic heterocycles. The van der Waals surface area contributed by atoms with Crippen LogP contribution in [0.25, 0.3) is 10.8 Å². The van der Waals surface area contributed by atoms with Gasteiger partial charge in [-0.25, -0.2) is 4.68 Å². The predicted molar refractivity (Wildman–Crippen MR) is 105 cm³/mol. The van der Waals surface area contributed by atoms with Gasteiger partial charge in [0.2, 0.25) is 5.91 Å². The molecule has 0 saturated heterocycles. The number of nitrogens with one attached hydrogen (secondary N) is 1. The molecule has 1 fully saturated rings. The number of aryl methyl sites for hydroxylation is 2. The van der Waals surface area contributed by atoms with Gasteiger partial charge in [-0.1, -0.05) is 48.5 Å². The highest BCUT2D eigenvalue weighted by Crippen LogP contribution is 2.45. The van der Waals surface area contributed by atoms with Crippen LogP contribution in [-0.2, 0) is 23.3 Å². The van der Waals surface area contributed by atoms with E-state index in [1.165, 1.54) is 10.2 Å². The minimum atomic E-state index is -0.198. The molecule has 0 radical (unpaired) electrons. The fourth-order valence-corrected chi connectivity index (χ4v) is 3.63. The van der Waals surface area contributed by atoms with E-state index in [1.807, 2.05) is 49.4 Å². The number of aromatic nitrogens is 2. The fraction of sp³-hybridized carbons (Fsp3) is 0.318. The van der Waals surface area contributed by atoms with E-state index in [0.717, 1.165) is 23.9 Å². The Morgan fingerprint density at radius 3 is 2.41 bits per heavy atom. The summed E-state index contributed by atoms with van der Waals surface area (Å²) in [7, 11) is 0. The Hall–Kier alpha value is -2.95. The van der Waals surface area contributed by atoms with Crippen molar-refractivity contribution in [2.24, 2.45) is 0 Å². The standard InChI is InChI=1S/C22H23N3O2/c1-2-25-21(27)18-11-7-6-10-17(18)19(24-25)12-13-20(26)23-22(14-15-22)16-8-4-3-5-9-16/h3-11H,2,12-15H2,1H3,(H,23,26). The van der Waals surface area contributed by atoms with E-state index in [2.05, 4.69) is 22.5 Å². The minimum Gasteiger partial charge on any atom is -0.347 e. The highest BCUT2D eigenvalue weighted by atomic mass is 16.2. The number of amides is 1. The monoisotopic (exact) mass is 361 g/mol. The van der Waals surface area contributed by atoms with Gasteiger partial charge in [0, 0.05) is 24.8 Å². The molecule has 1 saturated carbocycles. The molecular formula is C22H23N3O2. The Kier molecular flexibility index (Phi) is 4.52. The molecule has 0 spiro atoms. The third-order valence-electron chi connectivity index (χ3n) is 5.29. The van der Waals surface area contributed by atoms with Crippen LogP contribution in [-0.4, -0.2) is 15.7 Å². The van der Waals surface area contributed by atoms with Gasteiger partial charge in [0.05, 0.1) is 16.6 Å². The van der Waals surface area contributed by atoms with Gasteiger partial charge < -0.3 is 5.32 Å². The van der Waals surface area contributed by atoms with Crippen molar-refractivity contribution < 1.29 is 4.79 Å². The SMILES string of the molecule is CCn1nc(CCC(=O)NC2(c3ccccc3)CC2)c2ccccc2c1=O. The normalized spacial score (nSPS) is 14.9. The van der Waals surface area contributed by atoms with Crippen LogP contribution in [0.2, 0.25) is 0 Å². The average molecular weight is 361 g/mol. The molecule has 1 heterocycles. The first kappa shape index (κ1) is 17.5. The first-order chi connectivity index (χ1) is 13.1. The number of fused-ring (bicyclic) bond motifs is 1. The van der Waals surface area contributed by atoms with Crippen molar-refractivity contribution in [3.05, 3.63) is 76.2 Å². The van der Waals surface area contributed by atoms with E-state index in [1.54, 1.807) is 0 Å². The smallest absolute Gasteiger partial charge is 0.274 e. The maximum Gasteiger partial charge on any atom is 0.274 e. The van der Waals surface area contributed by atoms with Crippen molar-refractivity contribution in [3.63, 3.8) is 0 Å². The van der Waals surface area contributed by atoms with Crippen molar-refractivity contribution in [2.75, 3.05) is 0 Å². The van der Waals surface area contributed by atoms with Gasteiger partial charge in [-0.3, -0.25) is 9.59 Å². The topological polar surface area (TPSA) is 64.0 Å². The molecule has 0 unspecified atom stereocenters. The van der Waals surface area contributed by atoms with Crippen molar-refractivity contribution >= 4 is 16.7 Å². The first-order valence-corrected chi connectivity index (χ1v) is 9.48. The summed E-state index contributed by atoms with van der Waals surface area (Å²) < 4.78 is 1.47. The van der Waals surface area contributed by atoms with Gasteiger partial charge in [0.1, 0.15) is 0 Å². The number of carbonyl (C=O) groups is 1. The maximum absolute atomic E-state index is 12.6. The van der Waals surface area contributed by atoms with Crippen LogP contribution < -0.4 is 10.9 Å². The van der Waals surface area contributed by atoms with Crippen LogP contribution in [0.4, 0.5) is 0 Å². The van der Waals surface area contributed by atoms with E-state index in [-0.39, 0.29) is 17.0 Å². The second-order valence-electron chi connectivity index (χ2n) is 7.11. The predicted octanol–water partition coefficient (Wildman–Crippen LogP) is 3.15. The highest BCUT2D eigenvalue weighted by Gasteiger charge is 2.45. The molecule has 0 atom stereocenters. The summed E-state index contributed by atoms with van der Waals surface area (Å²) in [6, 6.07) is 17.6. The maximum atomic E-state index is 12.6. The molecule has 1 N–H and O–H groups in total. The molecule has 5 heteroatoms. The molecular weight excluding hydrogens is 338 g/mol. The Bertz CT molecular complexity index is 1040. The number of nitrogens with zero attached hydrogens (tertiary/aromatic N) is 2. The van der Waals surface area contributed by atoms with Gasteiger partial charge >= 0.3 is 0 Å². The lowest BCUT2D eigenvalue weighted by Crippen LogP contribution is -2.35. The number of hydrogen-bond acceptors (Lipinski definition) is 3. The molecule has 27 heavy (non-hydrogen) atoms. The number of benzene rings is 2. The molecule has 3 aromatic rings. The summed E-state index contributed by atoms with van der Waals surface area (Å²) in [6.45, 7) is 2.41.